The molecule has 1 aromatic heterocycles. The molecule has 1 N–H and O–H groups in total. The van der Waals surface area contributed by atoms with E-state index in [4.69, 9.17) is 4.52 Å². The van der Waals surface area contributed by atoms with Gasteiger partial charge in [0.2, 0.25) is 5.88 Å². The van der Waals surface area contributed by atoms with Crippen LogP contribution in [0.1, 0.15) is 15.9 Å². The van der Waals surface area contributed by atoms with Crippen LogP contribution < -0.4 is 5.32 Å². The molecule has 4 nitrogen and oxygen atoms in total. The molecule has 2 aromatic carbocycles. The number of hydrogen-bond acceptors (Lipinski definition) is 3. The molecule has 1 heterocycles. The molecule has 5 heteroatoms. The van der Waals surface area contributed by atoms with Crippen LogP contribution in [0.2, 0.25) is 0 Å². The van der Waals surface area contributed by atoms with Crippen LogP contribution in [0.15, 0.2) is 59.3 Å². The first-order valence-corrected chi connectivity index (χ1v) is 6.72. The van der Waals surface area contributed by atoms with Crippen LogP contribution in [0.4, 0.5) is 10.3 Å². The summed E-state index contributed by atoms with van der Waals surface area (Å²) in [7, 11) is 0. The molecule has 22 heavy (non-hydrogen) atoms. The minimum absolute atomic E-state index is 0.214. The maximum absolute atomic E-state index is 13.2. The number of rotatable bonds is 3. The lowest BCUT2D eigenvalue weighted by Gasteiger charge is -2.05. The van der Waals surface area contributed by atoms with Crippen molar-refractivity contribution in [3.05, 3.63) is 71.7 Å². The molecule has 110 valence electrons. The van der Waals surface area contributed by atoms with Gasteiger partial charge in [-0.15, -0.1) is 0 Å². The number of carbonyl (C=O) groups is 1. The van der Waals surface area contributed by atoms with Crippen molar-refractivity contribution < 1.29 is 13.7 Å². The summed E-state index contributed by atoms with van der Waals surface area (Å²) in [5.74, 6) is -0.688. The first-order chi connectivity index (χ1) is 10.6. The second kappa shape index (κ2) is 5.81. The third-order valence-electron chi connectivity index (χ3n) is 3.25. The molecule has 0 aliphatic heterocycles. The van der Waals surface area contributed by atoms with Gasteiger partial charge in [-0.05, 0) is 30.7 Å². The van der Waals surface area contributed by atoms with E-state index in [1.807, 2.05) is 31.2 Å². The minimum atomic E-state index is -0.469. The Labute approximate surface area is 126 Å². The summed E-state index contributed by atoms with van der Waals surface area (Å²) in [5.41, 5.74) is 2.89. The predicted molar refractivity (Wildman–Crippen MR) is 81.0 cm³/mol. The summed E-state index contributed by atoms with van der Waals surface area (Å²) >= 11 is 0. The molecule has 3 rings (SSSR count). The number of benzene rings is 2. The average Bonchev–Trinajstić information content (AvgIpc) is 2.96. The molecule has 0 unspecified atom stereocenters. The topological polar surface area (TPSA) is 55.1 Å². The maximum Gasteiger partial charge on any atom is 0.258 e. The standard InChI is InChI=1S/C17H13FN2O2/c1-11-5-7-12(8-6-11)15-10-19-22-17(15)20-16(21)13-3-2-4-14(18)9-13/h2-10H,1H3,(H,20,21). The Morgan fingerprint density at radius 3 is 2.68 bits per heavy atom. The molecule has 3 aromatic rings. The maximum atomic E-state index is 13.2. The third kappa shape index (κ3) is 2.88. The number of aromatic nitrogens is 1. The Bertz CT molecular complexity index is 810. The number of anilines is 1. The number of hydrogen-bond donors (Lipinski definition) is 1. The summed E-state index contributed by atoms with van der Waals surface area (Å²) in [6.45, 7) is 1.99. The fraction of sp³-hybridized carbons (Fsp3) is 0.0588. The monoisotopic (exact) mass is 296 g/mol. The molecule has 0 radical (unpaired) electrons. The fourth-order valence-electron chi connectivity index (χ4n) is 2.07. The van der Waals surface area contributed by atoms with Crippen molar-refractivity contribution in [3.63, 3.8) is 0 Å². The summed E-state index contributed by atoms with van der Waals surface area (Å²) in [5, 5.41) is 6.33. The summed E-state index contributed by atoms with van der Waals surface area (Å²) in [6.07, 6.45) is 1.53. The lowest BCUT2D eigenvalue weighted by molar-refractivity contribution is 0.102. The minimum Gasteiger partial charge on any atom is -0.338 e. The van der Waals surface area contributed by atoms with E-state index in [2.05, 4.69) is 10.5 Å². The first kappa shape index (κ1) is 14.0. The van der Waals surface area contributed by atoms with E-state index in [9.17, 15) is 9.18 Å². The second-order valence-corrected chi connectivity index (χ2v) is 4.90. The van der Waals surface area contributed by atoms with Gasteiger partial charge < -0.3 is 4.52 Å². The van der Waals surface area contributed by atoms with Gasteiger partial charge >= 0.3 is 0 Å². The molecule has 0 saturated heterocycles. The molecule has 0 aliphatic carbocycles. The van der Waals surface area contributed by atoms with E-state index < -0.39 is 11.7 Å². The van der Waals surface area contributed by atoms with Crippen LogP contribution in [-0.4, -0.2) is 11.1 Å². The van der Waals surface area contributed by atoms with Gasteiger partial charge in [0.15, 0.2) is 0 Å². The number of amides is 1. The molecule has 0 atom stereocenters. The molecule has 0 fully saturated rings. The summed E-state index contributed by atoms with van der Waals surface area (Å²) in [6, 6.07) is 13.2. The summed E-state index contributed by atoms with van der Waals surface area (Å²) in [4.78, 5) is 12.1. The Hall–Kier alpha value is -2.95. The quantitative estimate of drug-likeness (QED) is 0.793. The fourth-order valence-corrected chi connectivity index (χ4v) is 2.07. The third-order valence-corrected chi connectivity index (χ3v) is 3.25. The van der Waals surface area contributed by atoms with E-state index in [-0.39, 0.29) is 11.4 Å². The largest absolute Gasteiger partial charge is 0.338 e. The van der Waals surface area contributed by atoms with Crippen molar-refractivity contribution in [1.82, 2.24) is 5.16 Å². The zero-order valence-corrected chi connectivity index (χ0v) is 11.8. The van der Waals surface area contributed by atoms with E-state index in [0.29, 0.717) is 5.56 Å². The number of aryl methyl sites for hydroxylation is 1. The van der Waals surface area contributed by atoms with Crippen LogP contribution in [0.5, 0.6) is 0 Å². The van der Waals surface area contributed by atoms with Gasteiger partial charge in [0.25, 0.3) is 5.91 Å². The average molecular weight is 296 g/mol. The zero-order chi connectivity index (χ0) is 15.5. The molecule has 0 saturated carbocycles. The number of carbonyl (C=O) groups excluding carboxylic acids is 1. The molecule has 0 bridgehead atoms. The van der Waals surface area contributed by atoms with Crippen LogP contribution in [0, 0.1) is 12.7 Å². The van der Waals surface area contributed by atoms with Gasteiger partial charge in [-0.25, -0.2) is 4.39 Å². The van der Waals surface area contributed by atoms with Crippen LogP contribution in [-0.2, 0) is 0 Å². The summed E-state index contributed by atoms with van der Waals surface area (Å²) < 4.78 is 18.3. The molecule has 0 spiro atoms. The highest BCUT2D eigenvalue weighted by Gasteiger charge is 2.15. The van der Waals surface area contributed by atoms with Crippen molar-refractivity contribution >= 4 is 11.8 Å². The van der Waals surface area contributed by atoms with Gasteiger partial charge in [-0.1, -0.05) is 41.1 Å². The lowest BCUT2D eigenvalue weighted by atomic mass is 10.1. The SMILES string of the molecule is Cc1ccc(-c2cnoc2NC(=O)c2cccc(F)c2)cc1. The Morgan fingerprint density at radius 2 is 1.95 bits per heavy atom. The van der Waals surface area contributed by atoms with Crippen molar-refractivity contribution in [2.75, 3.05) is 5.32 Å². The zero-order valence-electron chi connectivity index (χ0n) is 11.8. The molecule has 1 amide bonds. The van der Waals surface area contributed by atoms with Gasteiger partial charge in [0.05, 0.1) is 11.8 Å². The highest BCUT2D eigenvalue weighted by atomic mass is 19.1. The van der Waals surface area contributed by atoms with Gasteiger partial charge in [-0.3, -0.25) is 10.1 Å². The highest BCUT2D eigenvalue weighted by molar-refractivity contribution is 6.05. The predicted octanol–water partition coefficient (Wildman–Crippen LogP) is 4.04. The first-order valence-electron chi connectivity index (χ1n) is 6.72. The van der Waals surface area contributed by atoms with Crippen LogP contribution in [0.25, 0.3) is 11.1 Å². The van der Waals surface area contributed by atoms with Gasteiger partial charge in [-0.2, -0.15) is 0 Å². The Morgan fingerprint density at radius 1 is 1.18 bits per heavy atom. The Balaban J connectivity index is 1.86. The molecular weight excluding hydrogens is 283 g/mol. The van der Waals surface area contributed by atoms with Crippen molar-refractivity contribution in [3.8, 4) is 11.1 Å². The van der Waals surface area contributed by atoms with Crippen molar-refractivity contribution in [2.45, 2.75) is 6.92 Å². The number of halogens is 1. The number of nitrogens with zero attached hydrogens (tertiary/aromatic N) is 1. The van der Waals surface area contributed by atoms with E-state index in [0.717, 1.165) is 17.2 Å². The van der Waals surface area contributed by atoms with Gasteiger partial charge in [0.1, 0.15) is 5.82 Å². The van der Waals surface area contributed by atoms with E-state index >= 15 is 0 Å². The van der Waals surface area contributed by atoms with E-state index in [1.165, 1.54) is 24.4 Å². The highest BCUT2D eigenvalue weighted by Crippen LogP contribution is 2.28. The normalized spacial score (nSPS) is 10.5. The molecular formula is C17H13FN2O2. The smallest absolute Gasteiger partial charge is 0.258 e. The second-order valence-electron chi connectivity index (χ2n) is 4.90. The van der Waals surface area contributed by atoms with Gasteiger partial charge in [0, 0.05) is 5.56 Å². The Kier molecular flexibility index (Phi) is 3.70. The van der Waals surface area contributed by atoms with Crippen molar-refractivity contribution in [1.29, 1.82) is 0 Å². The molecule has 0 aliphatic rings. The van der Waals surface area contributed by atoms with E-state index in [1.54, 1.807) is 0 Å². The lowest BCUT2D eigenvalue weighted by Crippen LogP contribution is -2.12. The van der Waals surface area contributed by atoms with Crippen molar-refractivity contribution in [2.24, 2.45) is 0 Å². The van der Waals surface area contributed by atoms with Crippen LogP contribution in [0.3, 0.4) is 0 Å². The van der Waals surface area contributed by atoms with Crippen LogP contribution >= 0.6 is 0 Å². The number of nitrogens with one attached hydrogen (secondary N) is 1.